The predicted octanol–water partition coefficient (Wildman–Crippen LogP) is 4.78. The third-order valence-corrected chi connectivity index (χ3v) is 9.27. The van der Waals surface area contributed by atoms with Gasteiger partial charge in [-0.15, -0.1) is 0 Å². The van der Waals surface area contributed by atoms with Gasteiger partial charge in [0.1, 0.15) is 0 Å². The Balaban J connectivity index is 1.21. The quantitative estimate of drug-likeness (QED) is 0.292. The Morgan fingerprint density at radius 3 is 2.12 bits per heavy atom. The Morgan fingerprint density at radius 1 is 0.833 bits per heavy atom. The second-order valence-corrected chi connectivity index (χ2v) is 13.4. The first-order chi connectivity index (χ1) is 23.1. The molecule has 0 radical (unpaired) electrons. The summed E-state index contributed by atoms with van der Waals surface area (Å²) in [7, 11) is 1.23. The molecule has 2 aliphatic rings. The maximum Gasteiger partial charge on any atom is 0.413 e. The number of methoxy groups -OCH3 is 1. The molecule has 13 heteroatoms. The molecule has 3 amide bonds. The second-order valence-electron chi connectivity index (χ2n) is 12.5. The summed E-state index contributed by atoms with van der Waals surface area (Å²) in [5.74, 6) is 0.879. The number of alkyl carbamates (subject to hydrolysis) is 1. The van der Waals surface area contributed by atoms with Crippen LogP contribution in [0.5, 0.6) is 0 Å². The molecular weight excluding hydrogens is 653 g/mol. The number of nitrogens with one attached hydrogen (secondary N) is 2. The molecule has 0 saturated carbocycles. The van der Waals surface area contributed by atoms with Crippen LogP contribution in [0.15, 0.2) is 48.8 Å². The van der Waals surface area contributed by atoms with Crippen LogP contribution in [-0.2, 0) is 27.3 Å². The number of piperazine rings is 1. The number of anilines is 1. The average Bonchev–Trinajstić information content (AvgIpc) is 3.07. The normalized spacial score (nSPS) is 16.0. The smallest absolute Gasteiger partial charge is 0.413 e. The summed E-state index contributed by atoms with van der Waals surface area (Å²) in [5, 5.41) is 6.35. The highest BCUT2D eigenvalue weighted by molar-refractivity contribution is 6.35. The minimum atomic E-state index is -0.739. The molecule has 3 aromatic rings. The maximum absolute atomic E-state index is 11.9. The van der Waals surface area contributed by atoms with Crippen LogP contribution in [0.25, 0.3) is 11.1 Å². The van der Waals surface area contributed by atoms with Crippen LogP contribution >= 0.6 is 23.2 Å². The molecule has 0 spiro atoms. The van der Waals surface area contributed by atoms with Gasteiger partial charge in [0, 0.05) is 88.0 Å². The van der Waals surface area contributed by atoms with Crippen LogP contribution in [0.1, 0.15) is 42.9 Å². The monoisotopic (exact) mass is 695 g/mol. The van der Waals surface area contributed by atoms with Gasteiger partial charge >= 0.3 is 6.09 Å². The van der Waals surface area contributed by atoms with Crippen molar-refractivity contribution in [3.63, 3.8) is 0 Å². The number of aromatic nitrogens is 2. The van der Waals surface area contributed by atoms with E-state index in [1.54, 1.807) is 13.0 Å². The Hall–Kier alpha value is -3.77. The van der Waals surface area contributed by atoms with Gasteiger partial charge in [0.2, 0.25) is 17.8 Å². The molecule has 0 atom stereocenters. The van der Waals surface area contributed by atoms with Crippen molar-refractivity contribution in [1.82, 2.24) is 30.4 Å². The van der Waals surface area contributed by atoms with Gasteiger partial charge in [-0.3, -0.25) is 24.7 Å². The number of carbonyl (C=O) groups excluding carboxylic acids is 3. The molecule has 2 saturated heterocycles. The van der Waals surface area contributed by atoms with E-state index in [1.165, 1.54) is 12.7 Å². The van der Waals surface area contributed by atoms with Gasteiger partial charge in [0.15, 0.2) is 0 Å². The lowest BCUT2D eigenvalue weighted by Gasteiger charge is -2.34. The van der Waals surface area contributed by atoms with E-state index in [2.05, 4.69) is 48.3 Å². The first-order valence-electron chi connectivity index (χ1n) is 16.4. The van der Waals surface area contributed by atoms with Crippen molar-refractivity contribution in [2.24, 2.45) is 5.92 Å². The van der Waals surface area contributed by atoms with Crippen LogP contribution in [0, 0.1) is 5.92 Å². The minimum Gasteiger partial charge on any atom is -0.453 e. The number of amides is 3. The molecule has 2 aromatic carbocycles. The number of nitrogens with zero attached hydrogens (tertiary/aromatic N) is 5. The van der Waals surface area contributed by atoms with Crippen molar-refractivity contribution >= 4 is 47.1 Å². The fourth-order valence-corrected chi connectivity index (χ4v) is 6.76. The number of carbonyl (C=O) groups is 3. The molecule has 5 rings (SSSR count). The number of piperidine rings is 1. The van der Waals surface area contributed by atoms with E-state index in [1.807, 2.05) is 24.5 Å². The molecular formula is C35H43Cl2N7O4. The molecule has 3 heterocycles. The zero-order valence-corrected chi connectivity index (χ0v) is 29.0. The summed E-state index contributed by atoms with van der Waals surface area (Å²) in [6, 6.07) is 12.3. The van der Waals surface area contributed by atoms with Crippen LogP contribution < -0.4 is 15.5 Å². The summed E-state index contributed by atoms with van der Waals surface area (Å²) in [4.78, 5) is 50.7. The molecule has 11 nitrogen and oxygen atoms in total. The molecule has 48 heavy (non-hydrogen) atoms. The molecule has 1 aromatic heterocycles. The summed E-state index contributed by atoms with van der Waals surface area (Å²) in [5.41, 5.74) is 5.42. The fourth-order valence-electron chi connectivity index (χ4n) is 6.23. The molecule has 2 N–H and O–H groups in total. The summed E-state index contributed by atoms with van der Waals surface area (Å²) >= 11 is 12.8. The van der Waals surface area contributed by atoms with Crippen molar-refractivity contribution < 1.29 is 19.1 Å². The van der Waals surface area contributed by atoms with E-state index in [4.69, 9.17) is 33.2 Å². The standard InChI is InChI=1S/C35H43Cl2N7O4/c1-24(45)38-20-25-3-6-43(7-4-25)23-27-13-26(15-29(16-27)30-17-31(36)19-32(37)18-30)14-28-21-39-34(40-22-28)44-11-9-42(10-12-44)8-5-33(46)41-35(47)48-2/h13,15-19,21-22,25H,3-12,14,20,23H2,1-2H3,(H,38,45)(H,41,46,47). The molecule has 2 fully saturated rings. The highest BCUT2D eigenvalue weighted by Crippen LogP contribution is 2.30. The predicted molar refractivity (Wildman–Crippen MR) is 187 cm³/mol. The van der Waals surface area contributed by atoms with Crippen molar-refractivity contribution in [2.75, 3.05) is 64.4 Å². The number of rotatable bonds is 11. The molecule has 0 aliphatic carbocycles. The topological polar surface area (TPSA) is 120 Å². The summed E-state index contributed by atoms with van der Waals surface area (Å²) < 4.78 is 4.47. The van der Waals surface area contributed by atoms with Gasteiger partial charge in [0.05, 0.1) is 7.11 Å². The van der Waals surface area contributed by atoms with Gasteiger partial charge in [0.25, 0.3) is 0 Å². The minimum absolute atomic E-state index is 0.0281. The van der Waals surface area contributed by atoms with E-state index in [0.717, 1.165) is 87.5 Å². The number of benzene rings is 2. The Labute approximate surface area is 291 Å². The van der Waals surface area contributed by atoms with Crippen LogP contribution in [-0.4, -0.2) is 97.1 Å². The molecule has 256 valence electrons. The Morgan fingerprint density at radius 2 is 1.48 bits per heavy atom. The lowest BCUT2D eigenvalue weighted by molar-refractivity contribution is -0.121. The Kier molecular flexibility index (Phi) is 12.6. The largest absolute Gasteiger partial charge is 0.453 e. The first-order valence-corrected chi connectivity index (χ1v) is 17.1. The fraction of sp³-hybridized carbons (Fsp3) is 0.457. The second kappa shape index (κ2) is 17.1. The Bertz CT molecular complexity index is 1550. The number of hydrogen-bond acceptors (Lipinski definition) is 9. The lowest BCUT2D eigenvalue weighted by Crippen LogP contribution is -2.48. The van der Waals surface area contributed by atoms with Gasteiger partial charge < -0.3 is 15.0 Å². The number of halogens is 2. The number of hydrogen-bond donors (Lipinski definition) is 2. The highest BCUT2D eigenvalue weighted by atomic mass is 35.5. The van der Waals surface area contributed by atoms with Crippen molar-refractivity contribution in [3.8, 4) is 11.1 Å². The van der Waals surface area contributed by atoms with Crippen molar-refractivity contribution in [1.29, 1.82) is 0 Å². The van der Waals surface area contributed by atoms with E-state index < -0.39 is 6.09 Å². The van der Waals surface area contributed by atoms with Crippen molar-refractivity contribution in [2.45, 2.75) is 39.2 Å². The van der Waals surface area contributed by atoms with E-state index >= 15 is 0 Å². The van der Waals surface area contributed by atoms with Gasteiger partial charge in [-0.2, -0.15) is 0 Å². The zero-order valence-electron chi connectivity index (χ0n) is 27.5. The van der Waals surface area contributed by atoms with E-state index in [-0.39, 0.29) is 18.2 Å². The summed E-state index contributed by atoms with van der Waals surface area (Å²) in [6.45, 7) is 8.72. The third kappa shape index (κ3) is 10.6. The highest BCUT2D eigenvalue weighted by Gasteiger charge is 2.21. The van der Waals surface area contributed by atoms with E-state index in [0.29, 0.717) is 34.9 Å². The molecule has 2 aliphatic heterocycles. The average molecular weight is 697 g/mol. The SMILES string of the molecule is COC(=O)NC(=O)CCN1CCN(c2ncc(Cc3cc(CN4CCC(CNC(C)=O)CC4)cc(-c4cc(Cl)cc(Cl)c4)c3)cn2)CC1. The zero-order chi connectivity index (χ0) is 34.0. The third-order valence-electron chi connectivity index (χ3n) is 8.84. The van der Waals surface area contributed by atoms with Crippen molar-refractivity contribution in [3.05, 3.63) is 75.5 Å². The van der Waals surface area contributed by atoms with Gasteiger partial charge in [-0.25, -0.2) is 14.8 Å². The van der Waals surface area contributed by atoms with E-state index in [9.17, 15) is 14.4 Å². The summed E-state index contributed by atoms with van der Waals surface area (Å²) in [6.07, 6.45) is 6.08. The van der Waals surface area contributed by atoms with Crippen LogP contribution in [0.4, 0.5) is 10.7 Å². The lowest BCUT2D eigenvalue weighted by atomic mass is 9.94. The molecule has 0 bridgehead atoms. The van der Waals surface area contributed by atoms with Gasteiger partial charge in [-0.05, 0) is 83.9 Å². The van der Waals surface area contributed by atoms with Crippen LogP contribution in [0.3, 0.4) is 0 Å². The van der Waals surface area contributed by atoms with Crippen LogP contribution in [0.2, 0.25) is 10.0 Å². The molecule has 0 unspecified atom stereocenters. The van der Waals surface area contributed by atoms with Gasteiger partial charge in [-0.1, -0.05) is 35.3 Å². The number of imide groups is 1. The first kappa shape index (κ1) is 35.5. The number of ether oxygens (including phenoxy) is 1. The number of likely N-dealkylation sites (tertiary alicyclic amines) is 1. The maximum atomic E-state index is 11.9.